The minimum Gasteiger partial charge on any atom is -0.358 e. The second kappa shape index (κ2) is 6.02. The van der Waals surface area contributed by atoms with Gasteiger partial charge in [-0.25, -0.2) is 9.50 Å². The highest BCUT2D eigenvalue weighted by Gasteiger charge is 2.39. The monoisotopic (exact) mass is 337 g/mol. The lowest BCUT2D eigenvalue weighted by Gasteiger charge is -2.43. The summed E-state index contributed by atoms with van der Waals surface area (Å²) in [4.78, 5) is 8.21. The van der Waals surface area contributed by atoms with Crippen LogP contribution in [0.25, 0.3) is 4.96 Å². The Labute approximate surface area is 139 Å². The number of anilines is 1. The molecule has 2 aliphatic rings. The lowest BCUT2D eigenvalue weighted by molar-refractivity contribution is 0.116. The molecule has 2 aromatic rings. The van der Waals surface area contributed by atoms with Crippen molar-refractivity contribution in [3.05, 3.63) is 11.9 Å². The Kier molecular flexibility index (Phi) is 4.04. The quantitative estimate of drug-likeness (QED) is 0.929. The van der Waals surface area contributed by atoms with Crippen LogP contribution in [0.3, 0.4) is 0 Å². The molecular weight excluding hydrogens is 314 g/mol. The highest BCUT2D eigenvalue weighted by molar-refractivity contribution is 7.99. The van der Waals surface area contributed by atoms with Crippen molar-refractivity contribution in [1.29, 1.82) is 0 Å². The summed E-state index contributed by atoms with van der Waals surface area (Å²) < 4.78 is 1.89. The summed E-state index contributed by atoms with van der Waals surface area (Å²) in [6, 6.07) is 0. The number of thioether (sulfide) groups is 1. The van der Waals surface area contributed by atoms with Crippen LogP contribution < -0.4 is 5.32 Å². The number of nitrogens with one attached hydrogen (secondary N) is 1. The molecule has 5 nitrogen and oxygen atoms in total. The Bertz CT molecular complexity index is 606. The van der Waals surface area contributed by atoms with Crippen LogP contribution in [0, 0.1) is 6.92 Å². The number of rotatable bonds is 4. The molecule has 0 aromatic carbocycles. The summed E-state index contributed by atoms with van der Waals surface area (Å²) in [6.07, 6.45) is 7.38. The first-order valence-electron chi connectivity index (χ1n) is 8.15. The van der Waals surface area contributed by atoms with Gasteiger partial charge in [0.25, 0.3) is 0 Å². The molecule has 1 saturated heterocycles. The molecule has 0 amide bonds. The van der Waals surface area contributed by atoms with E-state index in [0.717, 1.165) is 22.3 Å². The molecule has 0 bridgehead atoms. The van der Waals surface area contributed by atoms with Gasteiger partial charge in [-0.1, -0.05) is 24.2 Å². The maximum atomic E-state index is 4.61. The molecule has 7 heteroatoms. The van der Waals surface area contributed by atoms with Gasteiger partial charge in [0.2, 0.25) is 10.1 Å². The maximum Gasteiger partial charge on any atom is 0.214 e. The third kappa shape index (κ3) is 2.74. The number of aromatic nitrogens is 3. The van der Waals surface area contributed by atoms with Crippen molar-refractivity contribution in [2.75, 3.05) is 36.5 Å². The normalized spacial score (nSPS) is 22.4. The van der Waals surface area contributed by atoms with Gasteiger partial charge < -0.3 is 5.32 Å². The second-order valence-electron chi connectivity index (χ2n) is 6.40. The molecular formula is C15H23N5S2. The van der Waals surface area contributed by atoms with Crippen LogP contribution in [0.5, 0.6) is 0 Å². The molecule has 1 saturated carbocycles. The van der Waals surface area contributed by atoms with E-state index in [4.69, 9.17) is 0 Å². The van der Waals surface area contributed by atoms with Crippen LogP contribution in [-0.4, -0.2) is 56.2 Å². The van der Waals surface area contributed by atoms with E-state index in [2.05, 4.69) is 32.1 Å². The molecule has 2 aromatic heterocycles. The molecule has 1 aliphatic carbocycles. The van der Waals surface area contributed by atoms with Crippen molar-refractivity contribution < 1.29 is 0 Å². The summed E-state index contributed by atoms with van der Waals surface area (Å²) in [7, 11) is 0. The number of hydrogen-bond acceptors (Lipinski definition) is 6. The van der Waals surface area contributed by atoms with Gasteiger partial charge in [0.05, 0.1) is 11.9 Å². The van der Waals surface area contributed by atoms with Gasteiger partial charge in [0, 0.05) is 36.7 Å². The van der Waals surface area contributed by atoms with Crippen LogP contribution in [0.15, 0.2) is 6.20 Å². The highest BCUT2D eigenvalue weighted by Crippen LogP contribution is 2.37. The van der Waals surface area contributed by atoms with Crippen molar-refractivity contribution in [3.63, 3.8) is 0 Å². The maximum absolute atomic E-state index is 4.61. The molecule has 4 rings (SSSR count). The molecule has 22 heavy (non-hydrogen) atoms. The van der Waals surface area contributed by atoms with Crippen LogP contribution >= 0.6 is 23.1 Å². The Hall–Kier alpha value is -0.790. The molecule has 0 atom stereocenters. The minimum atomic E-state index is 0.352. The molecule has 2 fully saturated rings. The Morgan fingerprint density at radius 2 is 2.05 bits per heavy atom. The van der Waals surface area contributed by atoms with Gasteiger partial charge in [-0.3, -0.25) is 4.90 Å². The molecule has 3 heterocycles. The predicted octanol–water partition coefficient (Wildman–Crippen LogP) is 2.87. The summed E-state index contributed by atoms with van der Waals surface area (Å²) in [5.41, 5.74) is 1.38. The number of fused-ring (bicyclic) bond motifs is 1. The van der Waals surface area contributed by atoms with Gasteiger partial charge in [0.15, 0.2) is 0 Å². The van der Waals surface area contributed by atoms with E-state index < -0.39 is 0 Å². The zero-order valence-corrected chi connectivity index (χ0v) is 14.7. The molecule has 0 radical (unpaired) electrons. The number of nitrogens with zero attached hydrogens (tertiary/aromatic N) is 4. The highest BCUT2D eigenvalue weighted by atomic mass is 32.2. The largest absolute Gasteiger partial charge is 0.358 e. The number of aryl methyl sites for hydroxylation is 1. The molecule has 0 spiro atoms. The summed E-state index contributed by atoms with van der Waals surface area (Å²) in [6.45, 7) is 5.52. The van der Waals surface area contributed by atoms with E-state index in [9.17, 15) is 0 Å². The van der Waals surface area contributed by atoms with Crippen molar-refractivity contribution in [2.45, 2.75) is 38.1 Å². The Morgan fingerprint density at radius 3 is 2.77 bits per heavy atom. The first-order valence-corrected chi connectivity index (χ1v) is 10.1. The molecule has 0 unspecified atom stereocenters. The average Bonchev–Trinajstić information content (AvgIpc) is 3.21. The number of imidazole rings is 1. The summed E-state index contributed by atoms with van der Waals surface area (Å²) in [5, 5.41) is 9.23. The third-order valence-electron chi connectivity index (χ3n) is 4.95. The second-order valence-corrected chi connectivity index (χ2v) is 8.58. The van der Waals surface area contributed by atoms with Gasteiger partial charge >= 0.3 is 0 Å². The molecule has 1 aliphatic heterocycles. The van der Waals surface area contributed by atoms with Crippen LogP contribution in [0.1, 0.15) is 31.4 Å². The summed E-state index contributed by atoms with van der Waals surface area (Å²) >= 11 is 3.75. The first-order chi connectivity index (χ1) is 10.8. The first kappa shape index (κ1) is 14.8. The van der Waals surface area contributed by atoms with Crippen LogP contribution in [0.4, 0.5) is 5.13 Å². The molecule has 1 N–H and O–H groups in total. The van der Waals surface area contributed by atoms with Gasteiger partial charge in [0.1, 0.15) is 0 Å². The fourth-order valence-corrected chi connectivity index (χ4v) is 5.52. The van der Waals surface area contributed by atoms with E-state index in [1.807, 2.05) is 17.6 Å². The van der Waals surface area contributed by atoms with Crippen molar-refractivity contribution in [1.82, 2.24) is 19.5 Å². The average molecular weight is 338 g/mol. The van der Waals surface area contributed by atoms with Crippen LogP contribution in [-0.2, 0) is 0 Å². The summed E-state index contributed by atoms with van der Waals surface area (Å²) in [5.74, 6) is 2.57. The lowest BCUT2D eigenvalue weighted by atomic mass is 9.94. The van der Waals surface area contributed by atoms with Crippen molar-refractivity contribution in [2.24, 2.45) is 0 Å². The van der Waals surface area contributed by atoms with Crippen LogP contribution in [0.2, 0.25) is 0 Å². The number of hydrogen-bond donors (Lipinski definition) is 1. The van der Waals surface area contributed by atoms with E-state index in [1.54, 1.807) is 11.3 Å². The zero-order valence-electron chi connectivity index (χ0n) is 13.0. The lowest BCUT2D eigenvalue weighted by Crippen LogP contribution is -2.54. The van der Waals surface area contributed by atoms with E-state index in [1.165, 1.54) is 50.3 Å². The van der Waals surface area contributed by atoms with E-state index in [-0.39, 0.29) is 0 Å². The van der Waals surface area contributed by atoms with E-state index >= 15 is 0 Å². The van der Waals surface area contributed by atoms with Gasteiger partial charge in [-0.2, -0.15) is 11.8 Å². The fourth-order valence-electron chi connectivity index (χ4n) is 3.80. The van der Waals surface area contributed by atoms with E-state index in [0.29, 0.717) is 5.54 Å². The smallest absolute Gasteiger partial charge is 0.214 e. The Morgan fingerprint density at radius 1 is 1.27 bits per heavy atom. The van der Waals surface area contributed by atoms with Crippen molar-refractivity contribution >= 4 is 33.2 Å². The Balaban J connectivity index is 1.48. The van der Waals surface area contributed by atoms with Gasteiger partial charge in [-0.05, 0) is 19.8 Å². The fraction of sp³-hybridized carbons (Fsp3) is 0.733. The predicted molar refractivity (Wildman–Crippen MR) is 94.2 cm³/mol. The van der Waals surface area contributed by atoms with Crippen molar-refractivity contribution in [3.8, 4) is 0 Å². The zero-order chi connectivity index (χ0) is 15.0. The van der Waals surface area contributed by atoms with Gasteiger partial charge in [-0.15, -0.1) is 5.10 Å². The third-order valence-corrected chi connectivity index (χ3v) is 6.77. The SMILES string of the molecule is Cc1cn2nc(NCC3(N4CCSCC4)CCCC3)sc2n1. The standard InChI is InChI=1S/C15H23N5S2/c1-12-10-20-14(17-12)22-13(18-20)16-11-15(4-2-3-5-15)19-6-8-21-9-7-19/h10H,2-9,11H2,1H3,(H,16,18). The molecule has 120 valence electrons. The topological polar surface area (TPSA) is 45.5 Å². The minimum absolute atomic E-state index is 0.352.